The summed E-state index contributed by atoms with van der Waals surface area (Å²) in [5.74, 6) is 1.22. The first-order valence-corrected chi connectivity index (χ1v) is 9.28. The van der Waals surface area contributed by atoms with Crippen LogP contribution in [-0.2, 0) is 19.8 Å². The highest BCUT2D eigenvalue weighted by Gasteiger charge is 2.20. The lowest BCUT2D eigenvalue weighted by atomic mass is 9.98. The number of aliphatic hydroxyl groups is 2. The lowest BCUT2D eigenvalue weighted by Gasteiger charge is -2.16. The molecule has 0 fully saturated rings. The average Bonchev–Trinajstić information content (AvgIpc) is 3.21. The first kappa shape index (κ1) is 17.9. The molecule has 5 rings (SSSR count). The van der Waals surface area contributed by atoms with E-state index in [2.05, 4.69) is 4.98 Å². The predicted molar refractivity (Wildman–Crippen MR) is 108 cm³/mol. The third kappa shape index (κ3) is 2.57. The van der Waals surface area contributed by atoms with Crippen LogP contribution < -0.4 is 20.8 Å². The topological polar surface area (TPSA) is 120 Å². The number of nitrogens with zero attached hydrogens (tertiary/aromatic N) is 2. The molecule has 8 nitrogen and oxygen atoms in total. The maximum atomic E-state index is 13.4. The van der Waals surface area contributed by atoms with Crippen LogP contribution in [0.1, 0.15) is 11.1 Å². The summed E-state index contributed by atoms with van der Waals surface area (Å²) < 4.78 is 12.6. The molecule has 3 heterocycles. The smallest absolute Gasteiger partial charge is 0.258 e. The molecule has 0 atom stereocenters. The molecule has 4 N–H and O–H groups in total. The Morgan fingerprint density at radius 2 is 1.66 bits per heavy atom. The molecular weight excluding hydrogens is 374 g/mol. The van der Waals surface area contributed by atoms with Crippen LogP contribution in [0.15, 0.2) is 35.3 Å². The number of pyridine rings is 2. The zero-order valence-corrected chi connectivity index (χ0v) is 15.5. The molecule has 0 radical (unpaired) electrons. The van der Waals surface area contributed by atoms with Gasteiger partial charge in [-0.05, 0) is 34.7 Å². The Morgan fingerprint density at radius 1 is 0.966 bits per heavy atom. The van der Waals surface area contributed by atoms with Gasteiger partial charge in [-0.15, -0.1) is 0 Å². The number of rotatable bonds is 4. The van der Waals surface area contributed by atoms with Crippen molar-refractivity contribution in [1.82, 2.24) is 9.55 Å². The minimum absolute atomic E-state index is 0.145. The van der Waals surface area contributed by atoms with Gasteiger partial charge in [0.25, 0.3) is 5.56 Å². The van der Waals surface area contributed by atoms with Gasteiger partial charge in [0, 0.05) is 41.5 Å². The molecule has 0 saturated carbocycles. The van der Waals surface area contributed by atoms with Crippen molar-refractivity contribution in [2.45, 2.75) is 19.8 Å². The molecule has 148 valence electrons. The van der Waals surface area contributed by atoms with Crippen molar-refractivity contribution in [3.63, 3.8) is 0 Å². The Balaban J connectivity index is 2.00. The summed E-state index contributed by atoms with van der Waals surface area (Å²) in [6, 6.07) is 7.02. The quantitative estimate of drug-likeness (QED) is 0.448. The molecule has 2 aromatic heterocycles. The lowest BCUT2D eigenvalue weighted by molar-refractivity contribution is 0.174. The van der Waals surface area contributed by atoms with Crippen molar-refractivity contribution in [3.8, 4) is 11.5 Å². The van der Waals surface area contributed by atoms with Crippen LogP contribution in [0.2, 0.25) is 0 Å². The molecule has 8 heteroatoms. The minimum Gasteiger partial charge on any atom is -0.454 e. The highest BCUT2D eigenvalue weighted by molar-refractivity contribution is 6.14. The maximum absolute atomic E-state index is 13.4. The number of aliphatic hydroxyl groups excluding tert-OH is 2. The normalized spacial score (nSPS) is 13.1. The van der Waals surface area contributed by atoms with E-state index in [-0.39, 0.29) is 32.1 Å². The SMILES string of the molecule is NCCn1c(=O)c2cc(CO)c(CO)cc2c2cnc3cc4c(cc3c21)OCO4. The zero-order valence-electron chi connectivity index (χ0n) is 15.5. The number of hydrogen-bond donors (Lipinski definition) is 3. The van der Waals surface area contributed by atoms with E-state index < -0.39 is 0 Å². The van der Waals surface area contributed by atoms with Crippen LogP contribution in [-0.4, -0.2) is 33.1 Å². The number of ether oxygens (including phenoxy) is 2. The fourth-order valence-electron chi connectivity index (χ4n) is 4.03. The third-order valence-electron chi connectivity index (χ3n) is 5.40. The average molecular weight is 393 g/mol. The molecule has 0 aliphatic carbocycles. The van der Waals surface area contributed by atoms with Crippen LogP contribution in [0.3, 0.4) is 0 Å². The molecular formula is C21H19N3O5. The van der Waals surface area contributed by atoms with Gasteiger partial charge < -0.3 is 30.0 Å². The van der Waals surface area contributed by atoms with Gasteiger partial charge in [-0.25, -0.2) is 0 Å². The molecule has 0 spiro atoms. The minimum atomic E-state index is -0.264. The Labute approximate surface area is 164 Å². The number of benzene rings is 2. The van der Waals surface area contributed by atoms with Crippen molar-refractivity contribution < 1.29 is 19.7 Å². The molecule has 0 bridgehead atoms. The van der Waals surface area contributed by atoms with Gasteiger partial charge >= 0.3 is 0 Å². The maximum Gasteiger partial charge on any atom is 0.258 e. The highest BCUT2D eigenvalue weighted by atomic mass is 16.7. The summed E-state index contributed by atoms with van der Waals surface area (Å²) in [4.78, 5) is 17.9. The van der Waals surface area contributed by atoms with Crippen molar-refractivity contribution in [3.05, 3.63) is 51.9 Å². The van der Waals surface area contributed by atoms with E-state index in [1.54, 1.807) is 29.0 Å². The summed E-state index contributed by atoms with van der Waals surface area (Å²) >= 11 is 0. The van der Waals surface area contributed by atoms with E-state index >= 15 is 0 Å². The highest BCUT2D eigenvalue weighted by Crippen LogP contribution is 2.38. The van der Waals surface area contributed by atoms with Crippen LogP contribution in [0, 0.1) is 0 Å². The molecule has 1 aliphatic rings. The summed E-state index contributed by atoms with van der Waals surface area (Å²) in [6.45, 7) is 0.260. The van der Waals surface area contributed by atoms with Crippen LogP contribution >= 0.6 is 0 Å². The second-order valence-electron chi connectivity index (χ2n) is 6.97. The van der Waals surface area contributed by atoms with Gasteiger partial charge in [-0.3, -0.25) is 9.78 Å². The van der Waals surface area contributed by atoms with Crippen molar-refractivity contribution >= 4 is 32.6 Å². The van der Waals surface area contributed by atoms with Gasteiger partial charge in [0.15, 0.2) is 11.5 Å². The summed E-state index contributed by atoms with van der Waals surface area (Å²) in [5, 5.41) is 22.0. The molecule has 1 aliphatic heterocycles. The summed E-state index contributed by atoms with van der Waals surface area (Å²) in [5.41, 5.74) is 8.08. The number of nitrogens with two attached hydrogens (primary N) is 1. The molecule has 0 amide bonds. The molecule has 4 aromatic rings. The Kier molecular flexibility index (Phi) is 4.13. The third-order valence-corrected chi connectivity index (χ3v) is 5.40. The van der Waals surface area contributed by atoms with Gasteiger partial charge in [0.1, 0.15) is 0 Å². The summed E-state index contributed by atoms with van der Waals surface area (Å²) in [7, 11) is 0. The van der Waals surface area contributed by atoms with Crippen LogP contribution in [0.4, 0.5) is 0 Å². The van der Waals surface area contributed by atoms with Crippen LogP contribution in [0.5, 0.6) is 11.5 Å². The lowest BCUT2D eigenvalue weighted by Crippen LogP contribution is -2.25. The van der Waals surface area contributed by atoms with Gasteiger partial charge in [0.2, 0.25) is 6.79 Å². The van der Waals surface area contributed by atoms with E-state index in [1.807, 2.05) is 6.07 Å². The van der Waals surface area contributed by atoms with Gasteiger partial charge in [0.05, 0.1) is 24.2 Å². The largest absolute Gasteiger partial charge is 0.454 e. The van der Waals surface area contributed by atoms with Crippen LogP contribution in [0.25, 0.3) is 32.6 Å². The van der Waals surface area contributed by atoms with E-state index in [1.165, 1.54) is 0 Å². The number of aromatic nitrogens is 2. The predicted octanol–water partition coefficient (Wildman–Crippen LogP) is 1.37. The Morgan fingerprint density at radius 3 is 2.34 bits per heavy atom. The fraction of sp³-hybridized carbons (Fsp3) is 0.238. The number of hydrogen-bond acceptors (Lipinski definition) is 7. The van der Waals surface area contributed by atoms with Crippen molar-refractivity contribution in [2.24, 2.45) is 5.73 Å². The van der Waals surface area contributed by atoms with Crippen molar-refractivity contribution in [2.75, 3.05) is 13.3 Å². The summed E-state index contributed by atoms with van der Waals surface area (Å²) in [6.07, 6.45) is 1.72. The molecule has 0 unspecified atom stereocenters. The molecule has 29 heavy (non-hydrogen) atoms. The monoisotopic (exact) mass is 393 g/mol. The second kappa shape index (κ2) is 6.70. The first-order valence-electron chi connectivity index (χ1n) is 9.28. The fourth-order valence-corrected chi connectivity index (χ4v) is 4.03. The Bertz CT molecular complexity index is 1350. The zero-order chi connectivity index (χ0) is 20.1. The van der Waals surface area contributed by atoms with E-state index in [0.717, 1.165) is 10.8 Å². The Hall–Kier alpha value is -3.20. The molecule has 0 saturated heterocycles. The van der Waals surface area contributed by atoms with Crippen molar-refractivity contribution in [1.29, 1.82) is 0 Å². The van der Waals surface area contributed by atoms with Gasteiger partial charge in [-0.1, -0.05) is 0 Å². The van der Waals surface area contributed by atoms with E-state index in [0.29, 0.717) is 51.0 Å². The van der Waals surface area contributed by atoms with E-state index in [9.17, 15) is 15.0 Å². The van der Waals surface area contributed by atoms with E-state index in [4.69, 9.17) is 15.2 Å². The molecule has 2 aromatic carbocycles. The second-order valence-corrected chi connectivity index (χ2v) is 6.97. The number of fused-ring (bicyclic) bond motifs is 6. The van der Waals surface area contributed by atoms with Gasteiger partial charge in [-0.2, -0.15) is 0 Å². The first-order chi connectivity index (χ1) is 14.2. The standard InChI is InChI=1S/C21H19N3O5/c22-1-2-24-20-15-5-18-19(29-10-28-18)6-17(15)23-7-16(20)13-3-11(8-25)12(9-26)4-14(13)21(24)27/h3-7,25-26H,1-2,8-10,22H2.